The van der Waals surface area contributed by atoms with Crippen LogP contribution in [-0.4, -0.2) is 5.97 Å². The van der Waals surface area contributed by atoms with Crippen LogP contribution in [0.1, 0.15) is 18.1 Å². The Bertz CT molecular complexity index is 1420. The number of aryl methyl sites for hydroxylation is 2. The summed E-state index contributed by atoms with van der Waals surface area (Å²) in [7, 11) is 0. The summed E-state index contributed by atoms with van der Waals surface area (Å²) in [5.74, 6) is 0.277. The van der Waals surface area contributed by atoms with Gasteiger partial charge >= 0.3 is 5.97 Å². The zero-order valence-electron chi connectivity index (χ0n) is 16.2. The summed E-state index contributed by atoms with van der Waals surface area (Å²) in [6, 6.07) is 23.4. The van der Waals surface area contributed by atoms with E-state index in [1.807, 2.05) is 18.2 Å². The number of ether oxygens (including phenoxy) is 1. The number of esters is 1. The average molecular weight is 364 g/mol. The van der Waals surface area contributed by atoms with Crippen molar-refractivity contribution >= 4 is 49.1 Å². The van der Waals surface area contributed by atoms with Crippen molar-refractivity contribution in [3.8, 4) is 5.75 Å². The molecule has 0 saturated carbocycles. The van der Waals surface area contributed by atoms with Gasteiger partial charge < -0.3 is 4.74 Å². The summed E-state index contributed by atoms with van der Waals surface area (Å²) < 4.78 is 5.37. The van der Waals surface area contributed by atoms with Crippen molar-refractivity contribution in [3.63, 3.8) is 0 Å². The molecule has 0 amide bonds. The molecule has 0 aliphatic heterocycles. The van der Waals surface area contributed by atoms with Crippen molar-refractivity contribution in [1.29, 1.82) is 0 Å². The fraction of sp³-hybridized carbons (Fsp3) is 0.115. The van der Waals surface area contributed by atoms with Crippen molar-refractivity contribution in [2.75, 3.05) is 0 Å². The van der Waals surface area contributed by atoms with E-state index in [1.165, 1.54) is 50.4 Å². The molecule has 0 radical (unpaired) electrons. The molecule has 2 nitrogen and oxygen atoms in total. The normalized spacial score (nSPS) is 11.5. The van der Waals surface area contributed by atoms with Crippen LogP contribution in [0.2, 0.25) is 0 Å². The predicted octanol–water partition coefficient (Wildman–Crippen LogP) is 6.84. The zero-order valence-corrected chi connectivity index (χ0v) is 16.2. The maximum atomic E-state index is 11.5. The van der Waals surface area contributed by atoms with Crippen LogP contribution in [0.4, 0.5) is 0 Å². The number of rotatable bonds is 1. The summed E-state index contributed by atoms with van der Waals surface area (Å²) in [6.07, 6.45) is 0. The van der Waals surface area contributed by atoms with Crippen LogP contribution in [0.5, 0.6) is 5.75 Å². The topological polar surface area (TPSA) is 26.3 Å². The fourth-order valence-electron chi connectivity index (χ4n) is 4.33. The molecule has 136 valence electrons. The molecule has 0 unspecified atom stereocenters. The van der Waals surface area contributed by atoms with Crippen LogP contribution < -0.4 is 4.74 Å². The Morgan fingerprint density at radius 3 is 2.00 bits per heavy atom. The predicted molar refractivity (Wildman–Crippen MR) is 117 cm³/mol. The molecule has 0 bridgehead atoms. The van der Waals surface area contributed by atoms with Crippen LogP contribution in [0.15, 0.2) is 66.7 Å². The first kappa shape index (κ1) is 16.8. The summed E-state index contributed by atoms with van der Waals surface area (Å²) in [6.45, 7) is 5.77. The third-order valence-corrected chi connectivity index (χ3v) is 5.62. The zero-order chi connectivity index (χ0) is 19.4. The molecule has 0 aromatic heterocycles. The van der Waals surface area contributed by atoms with Gasteiger partial charge in [0, 0.05) is 6.92 Å². The van der Waals surface area contributed by atoms with Gasteiger partial charge in [0.2, 0.25) is 0 Å². The fourth-order valence-corrected chi connectivity index (χ4v) is 4.33. The van der Waals surface area contributed by atoms with Gasteiger partial charge in [-0.05, 0) is 80.2 Å². The third kappa shape index (κ3) is 2.45. The van der Waals surface area contributed by atoms with E-state index in [4.69, 9.17) is 4.74 Å². The lowest BCUT2D eigenvalue weighted by atomic mass is 9.90. The highest BCUT2D eigenvalue weighted by Crippen LogP contribution is 2.39. The van der Waals surface area contributed by atoms with Crippen LogP contribution in [0, 0.1) is 13.8 Å². The Balaban J connectivity index is 2.05. The van der Waals surface area contributed by atoms with Gasteiger partial charge in [0.15, 0.2) is 0 Å². The van der Waals surface area contributed by atoms with Gasteiger partial charge in [0.25, 0.3) is 0 Å². The van der Waals surface area contributed by atoms with Gasteiger partial charge in [-0.15, -0.1) is 0 Å². The summed E-state index contributed by atoms with van der Waals surface area (Å²) in [4.78, 5) is 11.5. The molecule has 0 aliphatic carbocycles. The smallest absolute Gasteiger partial charge is 0.308 e. The lowest BCUT2D eigenvalue weighted by Gasteiger charge is -2.14. The molecule has 0 atom stereocenters. The second kappa shape index (κ2) is 6.07. The molecule has 5 aromatic rings. The lowest BCUT2D eigenvalue weighted by molar-refractivity contribution is -0.131. The average Bonchev–Trinajstić information content (AvgIpc) is 2.69. The van der Waals surface area contributed by atoms with E-state index < -0.39 is 0 Å². The molecule has 5 aromatic carbocycles. The van der Waals surface area contributed by atoms with Gasteiger partial charge in [-0.25, -0.2) is 0 Å². The number of carbonyl (C=O) groups is 1. The Labute approximate surface area is 163 Å². The van der Waals surface area contributed by atoms with Crippen molar-refractivity contribution in [1.82, 2.24) is 0 Å². The lowest BCUT2D eigenvalue weighted by Crippen LogP contribution is -2.00. The van der Waals surface area contributed by atoms with Gasteiger partial charge in [-0.2, -0.15) is 0 Å². The SMILES string of the molecule is CC(=O)Oc1ccc2ccc3ccc4ccc5c(C)ccc(C)c5c4c3c2c1. The van der Waals surface area contributed by atoms with Crippen LogP contribution in [0.25, 0.3) is 43.1 Å². The van der Waals surface area contributed by atoms with E-state index in [1.54, 1.807) is 0 Å². The summed E-state index contributed by atoms with van der Waals surface area (Å²) >= 11 is 0. The minimum absolute atomic E-state index is 0.304. The number of hydrogen-bond acceptors (Lipinski definition) is 2. The van der Waals surface area contributed by atoms with E-state index in [2.05, 4.69) is 62.4 Å². The van der Waals surface area contributed by atoms with Crippen molar-refractivity contribution in [2.45, 2.75) is 20.8 Å². The first-order valence-corrected chi connectivity index (χ1v) is 9.49. The largest absolute Gasteiger partial charge is 0.427 e. The van der Waals surface area contributed by atoms with Crippen LogP contribution >= 0.6 is 0 Å². The number of carbonyl (C=O) groups excluding carboxylic acids is 1. The van der Waals surface area contributed by atoms with E-state index in [0.717, 1.165) is 10.8 Å². The standard InChI is InChI=1S/C26H20O2/c1-15-4-5-16(2)24-22(15)13-11-20-9-8-19-7-6-18-10-12-21(28-17(3)27)14-23(18)25(19)26(20)24/h4-14H,1-3H3. The molecule has 2 heteroatoms. The maximum Gasteiger partial charge on any atom is 0.308 e. The second-order valence-corrected chi connectivity index (χ2v) is 7.49. The highest BCUT2D eigenvalue weighted by atomic mass is 16.5. The first-order valence-electron chi connectivity index (χ1n) is 9.49. The second-order valence-electron chi connectivity index (χ2n) is 7.49. The molecule has 0 aliphatic rings. The van der Waals surface area contributed by atoms with Crippen molar-refractivity contribution < 1.29 is 9.53 Å². The first-order chi connectivity index (χ1) is 13.5. The number of fused-ring (bicyclic) bond motifs is 7. The quantitative estimate of drug-likeness (QED) is 0.185. The third-order valence-electron chi connectivity index (χ3n) is 5.62. The molecule has 5 rings (SSSR count). The Morgan fingerprint density at radius 1 is 0.643 bits per heavy atom. The minimum Gasteiger partial charge on any atom is -0.427 e. The highest BCUT2D eigenvalue weighted by molar-refractivity contribution is 6.28. The number of benzene rings is 5. The van der Waals surface area contributed by atoms with Gasteiger partial charge in [-0.3, -0.25) is 4.79 Å². The van der Waals surface area contributed by atoms with Crippen LogP contribution in [0.3, 0.4) is 0 Å². The Kier molecular flexibility index (Phi) is 3.63. The van der Waals surface area contributed by atoms with Crippen LogP contribution in [-0.2, 0) is 4.79 Å². The van der Waals surface area contributed by atoms with Crippen molar-refractivity contribution in [3.05, 3.63) is 77.9 Å². The van der Waals surface area contributed by atoms with E-state index in [9.17, 15) is 4.79 Å². The van der Waals surface area contributed by atoms with E-state index in [0.29, 0.717) is 5.75 Å². The van der Waals surface area contributed by atoms with Gasteiger partial charge in [-0.1, -0.05) is 54.6 Å². The Hall–Kier alpha value is -3.39. The molecule has 0 N–H and O–H groups in total. The minimum atomic E-state index is -0.304. The molecular formula is C26H20O2. The molecule has 0 fully saturated rings. The Morgan fingerprint density at radius 2 is 1.25 bits per heavy atom. The maximum absolute atomic E-state index is 11.5. The van der Waals surface area contributed by atoms with E-state index >= 15 is 0 Å². The summed E-state index contributed by atoms with van der Waals surface area (Å²) in [5.41, 5.74) is 2.55. The molecule has 0 saturated heterocycles. The number of hydrogen-bond donors (Lipinski definition) is 0. The molecule has 0 heterocycles. The highest BCUT2D eigenvalue weighted by Gasteiger charge is 2.12. The van der Waals surface area contributed by atoms with E-state index in [-0.39, 0.29) is 5.97 Å². The monoisotopic (exact) mass is 364 g/mol. The molecular weight excluding hydrogens is 344 g/mol. The molecule has 0 spiro atoms. The van der Waals surface area contributed by atoms with Gasteiger partial charge in [0.1, 0.15) is 5.75 Å². The molecule has 28 heavy (non-hydrogen) atoms. The summed E-state index contributed by atoms with van der Waals surface area (Å²) in [5, 5.41) is 9.72. The van der Waals surface area contributed by atoms with Gasteiger partial charge in [0.05, 0.1) is 0 Å². The van der Waals surface area contributed by atoms with Crippen molar-refractivity contribution in [2.24, 2.45) is 0 Å².